The molecule has 5 nitrogen and oxygen atoms in total. The molecule has 0 spiro atoms. The maximum absolute atomic E-state index is 12.5. The fraction of sp³-hybridized carbons (Fsp3) is 0.130. The van der Waals surface area contributed by atoms with Crippen LogP contribution in [0.1, 0.15) is 28.9 Å². The summed E-state index contributed by atoms with van der Waals surface area (Å²) in [7, 11) is 1.54. The number of hydrogen-bond acceptors (Lipinski definition) is 3. The van der Waals surface area contributed by atoms with Gasteiger partial charge in [-0.15, -0.1) is 0 Å². The zero-order chi connectivity index (χ0) is 21.5. The molecule has 0 bridgehead atoms. The summed E-state index contributed by atoms with van der Waals surface area (Å²) in [5.74, 6) is 0.304. The third-order valence-electron chi connectivity index (χ3n) is 4.47. The van der Waals surface area contributed by atoms with E-state index in [1.165, 1.54) is 0 Å². The number of anilines is 2. The lowest BCUT2D eigenvalue weighted by molar-refractivity contribution is 0.102. The van der Waals surface area contributed by atoms with Crippen molar-refractivity contribution < 1.29 is 9.53 Å². The first-order valence-electron chi connectivity index (χ1n) is 9.33. The van der Waals surface area contributed by atoms with Crippen LogP contribution >= 0.6 is 28.1 Å². The zero-order valence-electron chi connectivity index (χ0n) is 16.6. The molecule has 154 valence electrons. The summed E-state index contributed by atoms with van der Waals surface area (Å²) >= 11 is 8.86. The fourth-order valence-electron chi connectivity index (χ4n) is 2.87. The Morgan fingerprint density at radius 1 is 0.933 bits per heavy atom. The van der Waals surface area contributed by atoms with Crippen LogP contribution in [0.3, 0.4) is 0 Å². The van der Waals surface area contributed by atoms with Gasteiger partial charge in [-0.1, -0.05) is 40.2 Å². The van der Waals surface area contributed by atoms with Gasteiger partial charge in [0.25, 0.3) is 5.91 Å². The Bertz CT molecular complexity index is 1020. The summed E-state index contributed by atoms with van der Waals surface area (Å²) in [5, 5.41) is 9.83. The quantitative estimate of drug-likeness (QED) is 0.389. The molecule has 30 heavy (non-hydrogen) atoms. The number of carbonyl (C=O) groups is 1. The maximum Gasteiger partial charge on any atom is 0.259 e. The first-order valence-corrected chi connectivity index (χ1v) is 10.5. The lowest BCUT2D eigenvalue weighted by atomic mass is 10.1. The van der Waals surface area contributed by atoms with Gasteiger partial charge in [-0.25, -0.2) is 0 Å². The van der Waals surface area contributed by atoms with Crippen LogP contribution in [0.25, 0.3) is 0 Å². The largest absolute Gasteiger partial charge is 0.496 e. The zero-order valence-corrected chi connectivity index (χ0v) is 19.0. The molecule has 0 aliphatic heterocycles. The molecule has 3 aromatic carbocycles. The fourth-order valence-corrected chi connectivity index (χ4v) is 3.43. The van der Waals surface area contributed by atoms with E-state index >= 15 is 0 Å². The van der Waals surface area contributed by atoms with E-state index in [9.17, 15) is 4.79 Å². The Labute approximate surface area is 190 Å². The molecule has 1 atom stereocenters. The van der Waals surface area contributed by atoms with Crippen molar-refractivity contribution in [1.29, 1.82) is 0 Å². The monoisotopic (exact) mass is 483 g/mol. The van der Waals surface area contributed by atoms with Gasteiger partial charge in [0.15, 0.2) is 5.11 Å². The number of nitrogens with one attached hydrogen (secondary N) is 3. The van der Waals surface area contributed by atoms with Crippen molar-refractivity contribution in [3.05, 3.63) is 88.4 Å². The summed E-state index contributed by atoms with van der Waals surface area (Å²) < 4.78 is 6.28. The number of amides is 1. The highest BCUT2D eigenvalue weighted by molar-refractivity contribution is 9.10. The maximum atomic E-state index is 12.5. The van der Waals surface area contributed by atoms with E-state index in [0.717, 1.165) is 15.7 Å². The molecule has 7 heteroatoms. The highest BCUT2D eigenvalue weighted by atomic mass is 79.9. The first-order chi connectivity index (χ1) is 14.5. The van der Waals surface area contributed by atoms with Crippen molar-refractivity contribution in [3.63, 3.8) is 0 Å². The lowest BCUT2D eigenvalue weighted by Gasteiger charge is -2.17. The minimum absolute atomic E-state index is 0.0671. The minimum Gasteiger partial charge on any atom is -0.496 e. The number of carbonyl (C=O) groups excluding carboxylic acids is 1. The van der Waals surface area contributed by atoms with Gasteiger partial charge in [0.1, 0.15) is 5.75 Å². The van der Waals surface area contributed by atoms with Crippen LogP contribution in [0.5, 0.6) is 5.75 Å². The van der Waals surface area contributed by atoms with Crippen LogP contribution in [-0.4, -0.2) is 18.1 Å². The van der Waals surface area contributed by atoms with Gasteiger partial charge in [-0.2, -0.15) is 0 Å². The van der Waals surface area contributed by atoms with Crippen molar-refractivity contribution in [2.24, 2.45) is 0 Å². The standard InChI is InChI=1S/C23H22BrN3O2S/c1-15(16-7-9-17(24)10-8-16)25-23(30)27-19-13-11-18(12-14-19)26-22(28)20-5-3-4-6-21(20)29-2/h3-15H,1-2H3,(H,26,28)(H2,25,27,30). The minimum atomic E-state index is -0.228. The van der Waals surface area contributed by atoms with Crippen LogP contribution in [0.2, 0.25) is 0 Å². The number of thiocarbonyl (C=S) groups is 1. The first kappa shape index (κ1) is 21.8. The predicted octanol–water partition coefficient (Wildman–Crippen LogP) is 5.76. The number of ether oxygens (including phenoxy) is 1. The molecule has 0 radical (unpaired) electrons. The molecule has 0 heterocycles. The average molecular weight is 484 g/mol. The average Bonchev–Trinajstić information content (AvgIpc) is 2.75. The van der Waals surface area contributed by atoms with Gasteiger partial charge in [0.2, 0.25) is 0 Å². The molecule has 0 aliphatic rings. The summed E-state index contributed by atoms with van der Waals surface area (Å²) in [6.07, 6.45) is 0. The Balaban J connectivity index is 1.57. The second-order valence-corrected chi connectivity index (χ2v) is 7.93. The molecule has 3 aromatic rings. The van der Waals surface area contributed by atoms with Crippen LogP contribution in [0.4, 0.5) is 11.4 Å². The molecule has 0 aromatic heterocycles. The van der Waals surface area contributed by atoms with Crippen molar-refractivity contribution in [1.82, 2.24) is 5.32 Å². The number of halogens is 1. The summed E-state index contributed by atoms with van der Waals surface area (Å²) in [6.45, 7) is 2.05. The van der Waals surface area contributed by atoms with Crippen LogP contribution < -0.4 is 20.7 Å². The smallest absolute Gasteiger partial charge is 0.259 e. The third-order valence-corrected chi connectivity index (χ3v) is 5.22. The van der Waals surface area contributed by atoms with E-state index < -0.39 is 0 Å². The lowest BCUT2D eigenvalue weighted by Crippen LogP contribution is -2.30. The van der Waals surface area contributed by atoms with E-state index in [-0.39, 0.29) is 11.9 Å². The second kappa shape index (κ2) is 10.2. The Hall–Kier alpha value is -2.90. The Morgan fingerprint density at radius 2 is 1.53 bits per heavy atom. The van der Waals surface area contributed by atoms with Crippen molar-refractivity contribution in [2.45, 2.75) is 13.0 Å². The van der Waals surface area contributed by atoms with E-state index in [1.54, 1.807) is 25.3 Å². The molecule has 0 fully saturated rings. The second-order valence-electron chi connectivity index (χ2n) is 6.60. The van der Waals surface area contributed by atoms with Gasteiger partial charge in [-0.3, -0.25) is 4.79 Å². The topological polar surface area (TPSA) is 62.4 Å². The van der Waals surface area contributed by atoms with Crippen molar-refractivity contribution in [2.75, 3.05) is 17.7 Å². The molecule has 0 saturated carbocycles. The number of hydrogen-bond donors (Lipinski definition) is 3. The van der Waals surface area contributed by atoms with Gasteiger partial charge >= 0.3 is 0 Å². The van der Waals surface area contributed by atoms with Gasteiger partial charge in [0, 0.05) is 15.8 Å². The number of rotatable bonds is 6. The van der Waals surface area contributed by atoms with E-state index in [2.05, 4.69) is 31.9 Å². The number of benzene rings is 3. The molecule has 1 unspecified atom stereocenters. The Kier molecular flexibility index (Phi) is 7.43. The Morgan fingerprint density at radius 3 is 2.17 bits per heavy atom. The molecule has 3 N–H and O–H groups in total. The van der Waals surface area contributed by atoms with Gasteiger partial charge in [-0.05, 0) is 73.2 Å². The van der Waals surface area contributed by atoms with E-state index in [1.807, 2.05) is 61.5 Å². The SMILES string of the molecule is COc1ccccc1C(=O)Nc1ccc(NC(=S)NC(C)c2ccc(Br)cc2)cc1. The van der Waals surface area contributed by atoms with Crippen LogP contribution in [0.15, 0.2) is 77.3 Å². The highest BCUT2D eigenvalue weighted by Crippen LogP contribution is 2.21. The molecular weight excluding hydrogens is 462 g/mol. The van der Waals surface area contributed by atoms with E-state index in [0.29, 0.717) is 22.1 Å². The summed E-state index contributed by atoms with van der Waals surface area (Å²) in [4.78, 5) is 12.5. The summed E-state index contributed by atoms with van der Waals surface area (Å²) in [5.41, 5.74) is 3.12. The number of para-hydroxylation sites is 1. The predicted molar refractivity (Wildman–Crippen MR) is 129 cm³/mol. The normalized spacial score (nSPS) is 11.3. The van der Waals surface area contributed by atoms with Crippen molar-refractivity contribution >= 4 is 50.5 Å². The van der Waals surface area contributed by atoms with Crippen LogP contribution in [0, 0.1) is 0 Å². The molecule has 0 saturated heterocycles. The molecule has 0 aliphatic carbocycles. The highest BCUT2D eigenvalue weighted by Gasteiger charge is 2.12. The van der Waals surface area contributed by atoms with Gasteiger partial charge in [0.05, 0.1) is 18.7 Å². The third kappa shape index (κ3) is 5.81. The number of methoxy groups -OCH3 is 1. The summed E-state index contributed by atoms with van der Waals surface area (Å²) in [6, 6.07) is 22.6. The van der Waals surface area contributed by atoms with Gasteiger partial charge < -0.3 is 20.7 Å². The van der Waals surface area contributed by atoms with Crippen molar-refractivity contribution in [3.8, 4) is 5.75 Å². The molecule has 3 rings (SSSR count). The molecular formula is C23H22BrN3O2S. The van der Waals surface area contributed by atoms with Crippen LogP contribution in [-0.2, 0) is 0 Å². The van der Waals surface area contributed by atoms with E-state index in [4.69, 9.17) is 17.0 Å². The molecule has 1 amide bonds.